The number of anilines is 1. The van der Waals surface area contributed by atoms with Gasteiger partial charge in [-0.05, 0) is 41.1 Å². The molecule has 0 fully saturated rings. The quantitative estimate of drug-likeness (QED) is 0.658. The molecule has 4 heteroatoms. The fraction of sp³-hybridized carbons (Fsp3) is 0.0833. The van der Waals surface area contributed by atoms with Gasteiger partial charge in [-0.25, -0.2) is 0 Å². The molecule has 0 spiro atoms. The molecule has 0 unspecified atom stereocenters. The molecule has 0 radical (unpaired) electrons. The van der Waals surface area contributed by atoms with E-state index in [1.807, 2.05) is 13.0 Å². The van der Waals surface area contributed by atoms with E-state index < -0.39 is 0 Å². The molecule has 0 aliphatic rings. The highest BCUT2D eigenvalue weighted by molar-refractivity contribution is 9.10. The van der Waals surface area contributed by atoms with Crippen molar-refractivity contribution in [2.75, 3.05) is 5.32 Å². The maximum absolute atomic E-state index is 11.4. The molecule has 0 atom stereocenters. The lowest BCUT2D eigenvalue weighted by Crippen LogP contribution is -2.08. The van der Waals surface area contributed by atoms with E-state index >= 15 is 0 Å². The number of hydrogen-bond donors (Lipinski definition) is 1. The molecule has 84 valence electrons. The summed E-state index contributed by atoms with van der Waals surface area (Å²) in [5.41, 5.74) is 0.694. The van der Waals surface area contributed by atoms with E-state index in [0.29, 0.717) is 10.7 Å². The second-order valence-electron chi connectivity index (χ2n) is 3.00. The van der Waals surface area contributed by atoms with Gasteiger partial charge in [0.05, 0.1) is 5.69 Å². The Bertz CT molecular complexity index is 441. The third kappa shape index (κ3) is 4.21. The minimum Gasteiger partial charge on any atom is -0.321 e. The van der Waals surface area contributed by atoms with Gasteiger partial charge in [-0.2, -0.15) is 0 Å². The Morgan fingerprint density at radius 1 is 1.44 bits per heavy atom. The van der Waals surface area contributed by atoms with Crippen LogP contribution >= 0.6 is 27.5 Å². The standard InChI is InChI=1S/C12H11BrClNO/c1-2-3-4-5-12(16)15-11-7-6-9(14)8-10(11)13/h2-8H,1H3,(H,15,16)/b3-2+,5-4?. The van der Waals surface area contributed by atoms with Crippen molar-refractivity contribution in [2.45, 2.75) is 6.92 Å². The highest BCUT2D eigenvalue weighted by atomic mass is 79.9. The number of benzene rings is 1. The topological polar surface area (TPSA) is 29.1 Å². The van der Waals surface area contributed by atoms with Crippen molar-refractivity contribution in [3.8, 4) is 0 Å². The summed E-state index contributed by atoms with van der Waals surface area (Å²) in [6, 6.07) is 5.19. The minimum absolute atomic E-state index is 0.180. The van der Waals surface area contributed by atoms with Crippen LogP contribution in [0.4, 0.5) is 5.69 Å². The van der Waals surface area contributed by atoms with Gasteiger partial charge < -0.3 is 5.32 Å². The van der Waals surface area contributed by atoms with E-state index in [1.165, 1.54) is 6.08 Å². The van der Waals surface area contributed by atoms with Gasteiger partial charge in [0.2, 0.25) is 5.91 Å². The van der Waals surface area contributed by atoms with Crippen LogP contribution in [-0.2, 0) is 4.79 Å². The smallest absolute Gasteiger partial charge is 0.248 e. The largest absolute Gasteiger partial charge is 0.321 e. The van der Waals surface area contributed by atoms with Gasteiger partial charge in [0.25, 0.3) is 0 Å². The summed E-state index contributed by atoms with van der Waals surface area (Å²) in [5.74, 6) is -0.180. The van der Waals surface area contributed by atoms with Crippen LogP contribution in [-0.4, -0.2) is 5.91 Å². The Kier molecular flexibility index (Phi) is 5.29. The summed E-state index contributed by atoms with van der Waals surface area (Å²) in [5, 5.41) is 3.35. The number of rotatable bonds is 3. The van der Waals surface area contributed by atoms with E-state index in [9.17, 15) is 4.79 Å². The van der Waals surface area contributed by atoms with Gasteiger partial charge >= 0.3 is 0 Å². The van der Waals surface area contributed by atoms with E-state index in [0.717, 1.165) is 4.47 Å². The lowest BCUT2D eigenvalue weighted by molar-refractivity contribution is -0.111. The molecule has 0 heterocycles. The first-order chi connectivity index (χ1) is 7.63. The van der Waals surface area contributed by atoms with Crippen LogP contribution in [0, 0.1) is 0 Å². The lowest BCUT2D eigenvalue weighted by atomic mass is 10.3. The Labute approximate surface area is 108 Å². The van der Waals surface area contributed by atoms with E-state index in [2.05, 4.69) is 21.2 Å². The maximum Gasteiger partial charge on any atom is 0.248 e. The number of carbonyl (C=O) groups excluding carboxylic acids is 1. The van der Waals surface area contributed by atoms with E-state index in [4.69, 9.17) is 11.6 Å². The third-order valence-corrected chi connectivity index (χ3v) is 2.63. The van der Waals surface area contributed by atoms with Crippen molar-refractivity contribution in [1.82, 2.24) is 0 Å². The predicted octanol–water partition coefficient (Wildman–Crippen LogP) is 4.17. The SMILES string of the molecule is C/C=C/C=CC(=O)Nc1ccc(Cl)cc1Br. The number of carbonyl (C=O) groups is 1. The Morgan fingerprint density at radius 2 is 2.19 bits per heavy atom. The molecule has 16 heavy (non-hydrogen) atoms. The normalized spacial score (nSPS) is 11.2. The van der Waals surface area contributed by atoms with E-state index in [-0.39, 0.29) is 5.91 Å². The molecule has 1 aromatic carbocycles. The van der Waals surface area contributed by atoms with Crippen LogP contribution in [0.5, 0.6) is 0 Å². The molecule has 1 N–H and O–H groups in total. The van der Waals surface area contributed by atoms with Crippen molar-refractivity contribution >= 4 is 39.1 Å². The predicted molar refractivity (Wildman–Crippen MR) is 71.7 cm³/mol. The zero-order chi connectivity index (χ0) is 12.0. The second-order valence-corrected chi connectivity index (χ2v) is 4.29. The second kappa shape index (κ2) is 6.51. The summed E-state index contributed by atoms with van der Waals surface area (Å²) in [6.45, 7) is 1.89. The molecule has 0 saturated heterocycles. The summed E-state index contributed by atoms with van der Waals surface area (Å²) in [4.78, 5) is 11.4. The van der Waals surface area contributed by atoms with Gasteiger partial charge in [0.15, 0.2) is 0 Å². The van der Waals surface area contributed by atoms with Crippen molar-refractivity contribution in [3.63, 3.8) is 0 Å². The van der Waals surface area contributed by atoms with Crippen molar-refractivity contribution in [1.29, 1.82) is 0 Å². The maximum atomic E-state index is 11.4. The molecule has 0 aliphatic heterocycles. The number of allylic oxidation sites excluding steroid dienone is 3. The number of halogens is 2. The molecule has 0 bridgehead atoms. The molecule has 0 aliphatic carbocycles. The fourth-order valence-corrected chi connectivity index (χ4v) is 1.80. The Balaban J connectivity index is 2.70. The zero-order valence-electron chi connectivity index (χ0n) is 8.71. The minimum atomic E-state index is -0.180. The zero-order valence-corrected chi connectivity index (χ0v) is 11.0. The summed E-state index contributed by atoms with van der Waals surface area (Å²) >= 11 is 9.11. The molecule has 0 aromatic heterocycles. The average Bonchev–Trinajstić information content (AvgIpc) is 2.23. The monoisotopic (exact) mass is 299 g/mol. The van der Waals surface area contributed by atoms with Crippen molar-refractivity contribution in [2.24, 2.45) is 0 Å². The molecular formula is C12H11BrClNO. The van der Waals surface area contributed by atoms with Crippen LogP contribution < -0.4 is 5.32 Å². The van der Waals surface area contributed by atoms with Gasteiger partial charge in [-0.3, -0.25) is 4.79 Å². The summed E-state index contributed by atoms with van der Waals surface area (Å²) in [6.07, 6.45) is 6.78. The molecule has 1 rings (SSSR count). The highest BCUT2D eigenvalue weighted by Crippen LogP contribution is 2.25. The van der Waals surface area contributed by atoms with Crippen LogP contribution in [0.2, 0.25) is 5.02 Å². The van der Waals surface area contributed by atoms with Crippen LogP contribution in [0.3, 0.4) is 0 Å². The van der Waals surface area contributed by atoms with Crippen LogP contribution in [0.15, 0.2) is 47.0 Å². The number of amides is 1. The van der Waals surface area contributed by atoms with Crippen LogP contribution in [0.1, 0.15) is 6.92 Å². The summed E-state index contributed by atoms with van der Waals surface area (Å²) < 4.78 is 0.757. The van der Waals surface area contributed by atoms with Crippen molar-refractivity contribution < 1.29 is 4.79 Å². The highest BCUT2D eigenvalue weighted by Gasteiger charge is 2.02. The van der Waals surface area contributed by atoms with E-state index in [1.54, 1.807) is 30.4 Å². The molecule has 1 amide bonds. The third-order valence-electron chi connectivity index (χ3n) is 1.74. The Morgan fingerprint density at radius 3 is 2.81 bits per heavy atom. The van der Waals surface area contributed by atoms with Gasteiger partial charge in [0.1, 0.15) is 0 Å². The first-order valence-electron chi connectivity index (χ1n) is 4.69. The van der Waals surface area contributed by atoms with Gasteiger partial charge in [0, 0.05) is 15.6 Å². The van der Waals surface area contributed by atoms with Gasteiger partial charge in [-0.15, -0.1) is 0 Å². The lowest BCUT2D eigenvalue weighted by Gasteiger charge is -2.04. The fourth-order valence-electron chi connectivity index (χ4n) is 1.02. The first kappa shape index (κ1) is 13.0. The molecule has 0 saturated carbocycles. The number of hydrogen-bond acceptors (Lipinski definition) is 1. The molecule has 2 nitrogen and oxygen atoms in total. The first-order valence-corrected chi connectivity index (χ1v) is 5.86. The summed E-state index contributed by atoms with van der Waals surface area (Å²) in [7, 11) is 0. The Hall–Kier alpha value is -1.06. The van der Waals surface area contributed by atoms with Gasteiger partial charge in [-0.1, -0.05) is 29.8 Å². The number of nitrogens with one attached hydrogen (secondary N) is 1. The molecule has 1 aromatic rings. The average molecular weight is 301 g/mol. The van der Waals surface area contributed by atoms with Crippen LogP contribution in [0.25, 0.3) is 0 Å². The molecular weight excluding hydrogens is 289 g/mol. The van der Waals surface area contributed by atoms with Crippen molar-refractivity contribution in [3.05, 3.63) is 52.0 Å².